The van der Waals surface area contributed by atoms with Gasteiger partial charge in [-0.25, -0.2) is 0 Å². The Labute approximate surface area is 180 Å². The van der Waals surface area contributed by atoms with E-state index >= 15 is 0 Å². The quantitative estimate of drug-likeness (QED) is 0.146. The van der Waals surface area contributed by atoms with Crippen molar-refractivity contribution in [3.05, 3.63) is 35.9 Å². The summed E-state index contributed by atoms with van der Waals surface area (Å²) in [5, 5.41) is 2.92. The topological polar surface area (TPSA) is 0 Å². The average molecular weight is 450 g/mol. The molecule has 1 heteroatoms. The van der Waals surface area contributed by atoms with E-state index in [4.69, 9.17) is 0 Å². The van der Waals surface area contributed by atoms with E-state index in [0.29, 0.717) is 0 Å². The first kappa shape index (κ1) is 25.8. The third-order valence-electron chi connectivity index (χ3n) is 6.07. The van der Waals surface area contributed by atoms with Gasteiger partial charge in [0.15, 0.2) is 0 Å². The maximum atomic E-state index is 2.61. The van der Waals surface area contributed by atoms with Crippen LogP contribution in [0, 0.1) is 0 Å². The van der Waals surface area contributed by atoms with Gasteiger partial charge < -0.3 is 0 Å². The normalized spacial score (nSPS) is 11.8. The van der Waals surface area contributed by atoms with Gasteiger partial charge in [-0.15, -0.1) is 0 Å². The summed E-state index contributed by atoms with van der Waals surface area (Å²) < 4.78 is 0. The zero-order valence-electron chi connectivity index (χ0n) is 19.6. The summed E-state index contributed by atoms with van der Waals surface area (Å²) >= 11 is -1.41. The molecule has 0 fully saturated rings. The number of hydrogen-bond donors (Lipinski definition) is 0. The van der Waals surface area contributed by atoms with E-state index in [0.717, 1.165) is 0 Å². The second-order valence-electron chi connectivity index (χ2n) is 9.61. The molecule has 0 bridgehead atoms. The number of benzene rings is 1. The molecule has 0 saturated carbocycles. The fourth-order valence-electron chi connectivity index (χ4n) is 4.24. The third-order valence-corrected chi connectivity index (χ3v) is 11.8. The summed E-state index contributed by atoms with van der Waals surface area (Å²) in [7, 11) is 0. The summed E-state index contributed by atoms with van der Waals surface area (Å²) in [6.45, 7) is 2.30. The Bertz CT molecular complexity index is 437. The summed E-state index contributed by atoms with van der Waals surface area (Å²) in [5.41, 5.74) is 6.78. The molecule has 0 atom stereocenters. The Hall–Kier alpha value is -0.222. The van der Waals surface area contributed by atoms with Crippen molar-refractivity contribution in [2.24, 2.45) is 0 Å². The van der Waals surface area contributed by atoms with Crippen molar-refractivity contribution < 1.29 is 0 Å². The van der Waals surface area contributed by atoms with Crippen molar-refractivity contribution in [3.63, 3.8) is 0 Å². The van der Waals surface area contributed by atoms with E-state index in [9.17, 15) is 0 Å². The van der Waals surface area contributed by atoms with E-state index in [1.165, 1.54) is 113 Å². The van der Waals surface area contributed by atoms with E-state index < -0.39 is 13.6 Å². The van der Waals surface area contributed by atoms with Gasteiger partial charge in [0, 0.05) is 0 Å². The molecule has 1 rings (SSSR count). The van der Waals surface area contributed by atoms with Crippen molar-refractivity contribution in [2.75, 3.05) is 0 Å². The van der Waals surface area contributed by atoms with Gasteiger partial charge in [0.2, 0.25) is 0 Å². The first-order valence-corrected chi connectivity index (χ1v) is 18.9. The summed E-state index contributed by atoms with van der Waals surface area (Å²) in [4.78, 5) is 0. The van der Waals surface area contributed by atoms with E-state index in [1.807, 2.05) is 0 Å². The fourth-order valence-corrected chi connectivity index (χ4v) is 9.36. The fraction of sp³-hybridized carbons (Fsp3) is 0.778. The van der Waals surface area contributed by atoms with Gasteiger partial charge in [-0.05, 0) is 0 Å². The minimum atomic E-state index is -1.41. The van der Waals surface area contributed by atoms with Crippen LogP contribution >= 0.6 is 0 Å². The second-order valence-corrected chi connectivity index (χ2v) is 19.3. The maximum absolute atomic E-state index is 2.61. The van der Waals surface area contributed by atoms with Crippen molar-refractivity contribution in [2.45, 2.75) is 131 Å². The predicted molar refractivity (Wildman–Crippen MR) is 132 cm³/mol. The van der Waals surface area contributed by atoms with Gasteiger partial charge >= 0.3 is 142 Å². The van der Waals surface area contributed by atoms with Crippen LogP contribution in [0.25, 0.3) is 0 Å². The Kier molecular flexibility index (Phi) is 16.2. The molecule has 0 aromatic heterocycles. The van der Waals surface area contributed by atoms with Crippen LogP contribution in [-0.2, 0) is 5.21 Å². The molecule has 0 radical (unpaired) electrons. The molecule has 0 N–H and O–H groups in total. The monoisotopic (exact) mass is 449 g/mol. The molecule has 1 aromatic rings. The second kappa shape index (κ2) is 17.6. The molecule has 0 spiro atoms. The molecule has 1 aromatic carbocycles. The van der Waals surface area contributed by atoms with E-state index in [2.05, 4.69) is 48.7 Å². The predicted octanol–water partition coefficient (Wildman–Crippen LogP) is 9.74. The van der Waals surface area contributed by atoms with Crippen LogP contribution < -0.4 is 0 Å². The molecule has 28 heavy (non-hydrogen) atoms. The van der Waals surface area contributed by atoms with Crippen LogP contribution in [0.5, 0.6) is 0 Å². The molecule has 0 saturated heterocycles. The van der Waals surface area contributed by atoms with Crippen LogP contribution in [0.3, 0.4) is 0 Å². The van der Waals surface area contributed by atoms with Gasteiger partial charge in [0.05, 0.1) is 0 Å². The molecule has 0 heterocycles. The zero-order chi connectivity index (χ0) is 20.3. The van der Waals surface area contributed by atoms with Gasteiger partial charge in [0.25, 0.3) is 0 Å². The van der Waals surface area contributed by atoms with Gasteiger partial charge in [-0.1, -0.05) is 39.0 Å². The number of hydrogen-bond acceptors (Lipinski definition) is 0. The van der Waals surface area contributed by atoms with E-state index in [-0.39, 0.29) is 0 Å². The summed E-state index contributed by atoms with van der Waals surface area (Å²) in [6.07, 6.45) is 23.5. The van der Waals surface area contributed by atoms with Crippen LogP contribution in [0.4, 0.5) is 0 Å². The molecule has 0 amide bonds. The summed E-state index contributed by atoms with van der Waals surface area (Å²) in [6, 6.07) is 11.2. The van der Waals surface area contributed by atoms with Crippen LogP contribution in [-0.4, -0.2) is 13.6 Å². The van der Waals surface area contributed by atoms with Crippen LogP contribution in [0.1, 0.15) is 115 Å². The van der Waals surface area contributed by atoms with Crippen molar-refractivity contribution in [3.8, 4) is 0 Å². The Morgan fingerprint density at radius 1 is 0.536 bits per heavy atom. The zero-order valence-corrected chi connectivity index (χ0v) is 21.4. The van der Waals surface area contributed by atoms with Crippen LogP contribution in [0.15, 0.2) is 30.3 Å². The molecule has 0 nitrogen and oxygen atoms in total. The van der Waals surface area contributed by atoms with Crippen LogP contribution in [0.2, 0.25) is 16.6 Å². The molecule has 0 unspecified atom stereocenters. The minimum absolute atomic E-state index is 1.37. The van der Waals surface area contributed by atoms with Crippen molar-refractivity contribution in [1.82, 2.24) is 0 Å². The molecule has 0 aliphatic rings. The molecular formula is C27H50As+. The third kappa shape index (κ3) is 15.7. The van der Waals surface area contributed by atoms with Gasteiger partial charge in [-0.3, -0.25) is 0 Å². The van der Waals surface area contributed by atoms with E-state index in [1.54, 1.807) is 5.56 Å². The number of rotatable bonds is 19. The Morgan fingerprint density at radius 2 is 0.929 bits per heavy atom. The Morgan fingerprint density at radius 3 is 1.36 bits per heavy atom. The molecule has 162 valence electrons. The van der Waals surface area contributed by atoms with Gasteiger partial charge in [0.1, 0.15) is 0 Å². The SMILES string of the molecule is CCCCCCCCCCCCCCCCCC[As+](C)(C)Cc1ccccc1. The first-order valence-electron chi connectivity index (χ1n) is 12.5. The average Bonchev–Trinajstić information content (AvgIpc) is 2.68. The first-order chi connectivity index (χ1) is 13.6. The Balaban J connectivity index is 1.83. The molecule has 0 aliphatic heterocycles. The molecular weight excluding hydrogens is 399 g/mol. The summed E-state index contributed by atoms with van der Waals surface area (Å²) in [5.74, 6) is 0. The van der Waals surface area contributed by atoms with Gasteiger partial charge in [-0.2, -0.15) is 0 Å². The molecule has 0 aliphatic carbocycles. The van der Waals surface area contributed by atoms with Crippen molar-refractivity contribution in [1.29, 1.82) is 0 Å². The number of unbranched alkanes of at least 4 members (excludes halogenated alkanes) is 15. The van der Waals surface area contributed by atoms with Crippen molar-refractivity contribution >= 4 is 13.6 Å². The standard InChI is InChI=1S/C27H50As/c1-4-5-6-7-8-9-10-11-12-13-14-15-16-17-18-22-25-28(2,3)26-27-23-20-19-21-24-27/h19-21,23-24H,4-18,22,25-26H2,1-3H3/q+1.